The van der Waals surface area contributed by atoms with Gasteiger partial charge in [-0.25, -0.2) is 0 Å². The number of likely N-dealkylation sites (tertiary alicyclic amines) is 1. The van der Waals surface area contributed by atoms with Crippen LogP contribution in [0.3, 0.4) is 0 Å². The van der Waals surface area contributed by atoms with E-state index in [9.17, 15) is 4.79 Å². The predicted octanol–water partition coefficient (Wildman–Crippen LogP) is 4.29. The molecule has 2 saturated heterocycles. The molecule has 2 saturated carbocycles. The van der Waals surface area contributed by atoms with E-state index < -0.39 is 0 Å². The monoisotopic (exact) mass is 386 g/mol. The molecule has 146 valence electrons. The lowest BCUT2D eigenvalue weighted by molar-refractivity contribution is -0.148. The van der Waals surface area contributed by atoms with Crippen LogP contribution in [0, 0.1) is 22.7 Å². The smallest absolute Gasteiger partial charge is 0.229 e. The molecule has 0 radical (unpaired) electrons. The molecule has 0 aromatic heterocycles. The quantitative estimate of drug-likeness (QED) is 0.840. The van der Waals surface area contributed by atoms with Crippen molar-refractivity contribution in [2.75, 3.05) is 26.2 Å². The van der Waals surface area contributed by atoms with E-state index in [1.807, 2.05) is 12.1 Å². The van der Waals surface area contributed by atoms with Crippen molar-refractivity contribution < 1.29 is 4.79 Å². The molecule has 4 fully saturated rings. The highest BCUT2D eigenvalue weighted by Crippen LogP contribution is 2.58. The maximum Gasteiger partial charge on any atom is 0.229 e. The molecule has 4 aliphatic rings. The van der Waals surface area contributed by atoms with Crippen LogP contribution in [0.15, 0.2) is 24.3 Å². The van der Waals surface area contributed by atoms with E-state index in [2.05, 4.69) is 22.3 Å². The molecule has 5 rings (SSSR count). The zero-order valence-electron chi connectivity index (χ0n) is 16.2. The predicted molar refractivity (Wildman–Crippen MR) is 109 cm³/mol. The van der Waals surface area contributed by atoms with Gasteiger partial charge in [-0.3, -0.25) is 4.79 Å². The lowest BCUT2D eigenvalue weighted by Gasteiger charge is -2.45. The van der Waals surface area contributed by atoms with E-state index in [-0.39, 0.29) is 5.41 Å². The average Bonchev–Trinajstić information content (AvgIpc) is 3.41. The molecule has 1 N–H and O–H groups in total. The van der Waals surface area contributed by atoms with Gasteiger partial charge in [0.2, 0.25) is 5.91 Å². The van der Waals surface area contributed by atoms with E-state index in [0.29, 0.717) is 17.2 Å². The third-order valence-electron chi connectivity index (χ3n) is 8.28. The number of halogens is 1. The van der Waals surface area contributed by atoms with Gasteiger partial charge < -0.3 is 10.2 Å². The van der Waals surface area contributed by atoms with E-state index >= 15 is 0 Å². The summed E-state index contributed by atoms with van der Waals surface area (Å²) >= 11 is 6.09. The largest absolute Gasteiger partial charge is 0.342 e. The molecule has 1 aromatic carbocycles. The summed E-state index contributed by atoms with van der Waals surface area (Å²) < 4.78 is 0. The topological polar surface area (TPSA) is 32.3 Å². The normalized spacial score (nSPS) is 34.5. The van der Waals surface area contributed by atoms with Gasteiger partial charge >= 0.3 is 0 Å². The first-order valence-electron chi connectivity index (χ1n) is 10.8. The Morgan fingerprint density at radius 1 is 1.15 bits per heavy atom. The zero-order chi connectivity index (χ0) is 18.5. The SMILES string of the molecule is O=C(N1CCC2(CCNC2)CC1)C1(Cc2ccc(Cl)cc2)CC2CCC1C2. The number of hydrogen-bond donors (Lipinski definition) is 1. The summed E-state index contributed by atoms with van der Waals surface area (Å²) in [4.78, 5) is 16.1. The highest BCUT2D eigenvalue weighted by molar-refractivity contribution is 6.30. The molecule has 4 heteroatoms. The van der Waals surface area contributed by atoms with Crippen LogP contribution in [0.5, 0.6) is 0 Å². The Bertz CT molecular complexity index is 702. The second-order valence-electron chi connectivity index (χ2n) is 9.76. The molecule has 2 aliphatic carbocycles. The van der Waals surface area contributed by atoms with Crippen LogP contribution in [-0.4, -0.2) is 37.0 Å². The van der Waals surface area contributed by atoms with Gasteiger partial charge in [-0.2, -0.15) is 0 Å². The number of carbonyl (C=O) groups excluding carboxylic acids is 1. The van der Waals surface area contributed by atoms with E-state index in [1.165, 1.54) is 44.1 Å². The number of rotatable bonds is 3. The van der Waals surface area contributed by atoms with Crippen molar-refractivity contribution in [1.82, 2.24) is 10.2 Å². The molecule has 1 aromatic rings. The van der Waals surface area contributed by atoms with Crippen molar-refractivity contribution in [3.8, 4) is 0 Å². The van der Waals surface area contributed by atoms with Crippen LogP contribution in [0.25, 0.3) is 0 Å². The molecule has 1 spiro atoms. The van der Waals surface area contributed by atoms with Gasteiger partial charge in [-0.05, 0) is 86.4 Å². The van der Waals surface area contributed by atoms with Crippen LogP contribution < -0.4 is 5.32 Å². The zero-order valence-corrected chi connectivity index (χ0v) is 16.9. The summed E-state index contributed by atoms with van der Waals surface area (Å²) in [6, 6.07) is 8.19. The van der Waals surface area contributed by atoms with Gasteiger partial charge in [-0.15, -0.1) is 0 Å². The Morgan fingerprint density at radius 3 is 2.52 bits per heavy atom. The summed E-state index contributed by atoms with van der Waals surface area (Å²) in [5.74, 6) is 1.81. The number of benzene rings is 1. The minimum Gasteiger partial charge on any atom is -0.342 e. The molecule has 3 atom stereocenters. The van der Waals surface area contributed by atoms with Crippen molar-refractivity contribution in [3.05, 3.63) is 34.9 Å². The highest BCUT2D eigenvalue weighted by atomic mass is 35.5. The van der Waals surface area contributed by atoms with Crippen molar-refractivity contribution in [2.24, 2.45) is 22.7 Å². The Hall–Kier alpha value is -1.06. The van der Waals surface area contributed by atoms with E-state index in [0.717, 1.165) is 50.0 Å². The first kappa shape index (κ1) is 18.0. The Morgan fingerprint density at radius 2 is 1.93 bits per heavy atom. The second-order valence-corrected chi connectivity index (χ2v) is 10.2. The van der Waals surface area contributed by atoms with Crippen LogP contribution >= 0.6 is 11.6 Å². The number of nitrogens with one attached hydrogen (secondary N) is 1. The maximum atomic E-state index is 13.9. The van der Waals surface area contributed by atoms with Crippen LogP contribution in [0.4, 0.5) is 0 Å². The van der Waals surface area contributed by atoms with E-state index in [4.69, 9.17) is 11.6 Å². The number of fused-ring (bicyclic) bond motifs is 2. The molecule has 1 amide bonds. The summed E-state index contributed by atoms with van der Waals surface area (Å²) in [6.45, 7) is 4.22. The third-order valence-corrected chi connectivity index (χ3v) is 8.53. The minimum absolute atomic E-state index is 0.158. The minimum atomic E-state index is -0.158. The Balaban J connectivity index is 1.36. The number of nitrogens with zero attached hydrogens (tertiary/aromatic N) is 1. The molecule has 2 aliphatic heterocycles. The van der Waals surface area contributed by atoms with Crippen molar-refractivity contribution in [1.29, 1.82) is 0 Å². The van der Waals surface area contributed by atoms with Gasteiger partial charge in [0.05, 0.1) is 5.41 Å². The molecule has 2 heterocycles. The van der Waals surface area contributed by atoms with Crippen LogP contribution in [-0.2, 0) is 11.2 Å². The molecule has 3 unspecified atom stereocenters. The number of piperidine rings is 1. The molecule has 2 bridgehead atoms. The van der Waals surface area contributed by atoms with Crippen LogP contribution in [0.1, 0.15) is 50.5 Å². The van der Waals surface area contributed by atoms with Crippen LogP contribution in [0.2, 0.25) is 5.02 Å². The number of amides is 1. The summed E-state index contributed by atoms with van der Waals surface area (Å²) in [5, 5.41) is 4.31. The third kappa shape index (κ3) is 3.11. The fourth-order valence-corrected chi connectivity index (χ4v) is 6.81. The number of carbonyl (C=O) groups is 1. The fourth-order valence-electron chi connectivity index (χ4n) is 6.69. The average molecular weight is 387 g/mol. The van der Waals surface area contributed by atoms with Gasteiger partial charge in [0.25, 0.3) is 0 Å². The highest BCUT2D eigenvalue weighted by Gasteiger charge is 2.56. The Labute approximate surface area is 167 Å². The summed E-state index contributed by atoms with van der Waals surface area (Å²) in [7, 11) is 0. The molecular formula is C23H31ClN2O. The van der Waals surface area contributed by atoms with Crippen molar-refractivity contribution in [3.63, 3.8) is 0 Å². The maximum absolute atomic E-state index is 13.9. The van der Waals surface area contributed by atoms with Crippen molar-refractivity contribution >= 4 is 17.5 Å². The molecule has 3 nitrogen and oxygen atoms in total. The Kier molecular flexibility index (Phi) is 4.52. The summed E-state index contributed by atoms with van der Waals surface area (Å²) in [5.41, 5.74) is 1.58. The summed E-state index contributed by atoms with van der Waals surface area (Å²) in [6.07, 6.45) is 9.47. The van der Waals surface area contributed by atoms with Gasteiger partial charge in [0, 0.05) is 24.7 Å². The molecule has 27 heavy (non-hydrogen) atoms. The van der Waals surface area contributed by atoms with Gasteiger partial charge in [0.1, 0.15) is 0 Å². The van der Waals surface area contributed by atoms with Gasteiger partial charge in [-0.1, -0.05) is 30.2 Å². The molecular weight excluding hydrogens is 356 g/mol. The lowest BCUT2D eigenvalue weighted by Crippen LogP contribution is -2.52. The van der Waals surface area contributed by atoms with E-state index in [1.54, 1.807) is 0 Å². The second kappa shape index (κ2) is 6.77. The van der Waals surface area contributed by atoms with Gasteiger partial charge in [0.15, 0.2) is 0 Å². The number of hydrogen-bond acceptors (Lipinski definition) is 2. The van der Waals surface area contributed by atoms with Crippen molar-refractivity contribution in [2.45, 2.75) is 51.4 Å². The lowest BCUT2D eigenvalue weighted by atomic mass is 9.67. The first-order valence-corrected chi connectivity index (χ1v) is 11.2. The first-order chi connectivity index (χ1) is 13.1. The fraction of sp³-hybridized carbons (Fsp3) is 0.696. The standard InChI is InChI=1S/C23H31ClN2O/c24-20-5-2-17(3-6-20)14-23(15-18-1-4-19(23)13-18)21(27)26-11-8-22(9-12-26)7-10-25-16-22/h2-3,5-6,18-19,25H,1,4,7-16H2.